The van der Waals surface area contributed by atoms with Gasteiger partial charge in [-0.25, -0.2) is 0 Å². The Morgan fingerprint density at radius 3 is 1.23 bits per heavy atom. The molecule has 8 N–H and O–H groups in total. The number of aliphatic hydroxyl groups excluding tert-OH is 8. The summed E-state index contributed by atoms with van der Waals surface area (Å²) in [6, 6.07) is 0. The monoisotopic (exact) mass is 640 g/mol. The molecule has 2 aliphatic heterocycles. The molecule has 2 rings (SSSR count). The molecule has 0 aromatic heterocycles. The minimum absolute atomic E-state index is 0.182. The van der Waals surface area contributed by atoms with E-state index in [1.165, 1.54) is 70.6 Å². The van der Waals surface area contributed by atoms with E-state index in [1.807, 2.05) is 0 Å². The molecule has 0 aromatic rings. The van der Waals surface area contributed by atoms with Gasteiger partial charge in [0.15, 0.2) is 12.6 Å². The molecule has 0 aromatic carbocycles. The van der Waals surface area contributed by atoms with E-state index in [9.17, 15) is 40.9 Å². The molecule has 0 saturated carbocycles. The van der Waals surface area contributed by atoms with Gasteiger partial charge in [-0.3, -0.25) is 0 Å². The van der Waals surface area contributed by atoms with E-state index in [1.54, 1.807) is 0 Å². The third-order valence-electron chi connectivity index (χ3n) is 8.44. The van der Waals surface area contributed by atoms with Crippen LogP contribution in [0.1, 0.15) is 96.8 Å². The SMILES string of the molecule is CCCCCCCCCCCCCCCCOC(CO[C@H]1O[C@H](CO)[C@@H](O)[C@H](O)[C@@H]1O)CO[C@H]1O[C@H](CO)[C@@H](O)[C@H](O)[C@@H]1O. The lowest BCUT2D eigenvalue weighted by Gasteiger charge is -2.40. The lowest BCUT2D eigenvalue weighted by atomic mass is 9.99. The van der Waals surface area contributed by atoms with Crippen LogP contribution >= 0.6 is 0 Å². The smallest absolute Gasteiger partial charge is 0.186 e. The van der Waals surface area contributed by atoms with Gasteiger partial charge in [0.05, 0.1) is 26.4 Å². The number of rotatable bonds is 24. The third kappa shape index (κ3) is 13.7. The fourth-order valence-electron chi connectivity index (χ4n) is 5.51. The van der Waals surface area contributed by atoms with Crippen LogP contribution in [0, 0.1) is 0 Å². The largest absolute Gasteiger partial charge is 0.394 e. The van der Waals surface area contributed by atoms with Crippen LogP contribution in [0.4, 0.5) is 0 Å². The Morgan fingerprint density at radius 2 is 0.864 bits per heavy atom. The normalized spacial score (nSPS) is 32.9. The highest BCUT2D eigenvalue weighted by Gasteiger charge is 2.45. The van der Waals surface area contributed by atoms with E-state index in [4.69, 9.17) is 23.7 Å². The Bertz CT molecular complexity index is 659. The topological polar surface area (TPSA) is 208 Å². The maximum absolute atomic E-state index is 10.3. The maximum atomic E-state index is 10.3. The predicted molar refractivity (Wildman–Crippen MR) is 159 cm³/mol. The Hall–Kier alpha value is -0.520. The van der Waals surface area contributed by atoms with Gasteiger partial charge in [-0.2, -0.15) is 0 Å². The summed E-state index contributed by atoms with van der Waals surface area (Å²) < 4.78 is 28.0. The summed E-state index contributed by atoms with van der Waals surface area (Å²) in [6.45, 7) is 1.06. The number of unbranched alkanes of at least 4 members (excludes halogenated alkanes) is 13. The number of hydrogen-bond acceptors (Lipinski definition) is 13. The molecule has 44 heavy (non-hydrogen) atoms. The fraction of sp³-hybridized carbons (Fsp3) is 1.00. The highest BCUT2D eigenvalue weighted by atomic mass is 16.7. The predicted octanol–water partition coefficient (Wildman–Crippen LogP) is 0.486. The summed E-state index contributed by atoms with van der Waals surface area (Å²) in [7, 11) is 0. The summed E-state index contributed by atoms with van der Waals surface area (Å²) in [6.07, 6.45) is 2.05. The molecule has 2 aliphatic rings. The Labute approximate surface area is 262 Å². The minimum atomic E-state index is -1.59. The van der Waals surface area contributed by atoms with E-state index in [0.29, 0.717) is 6.61 Å². The molecule has 0 radical (unpaired) electrons. The van der Waals surface area contributed by atoms with Crippen LogP contribution in [0.25, 0.3) is 0 Å². The van der Waals surface area contributed by atoms with Crippen molar-refractivity contribution in [2.75, 3.05) is 33.0 Å². The molecule has 10 atom stereocenters. The van der Waals surface area contributed by atoms with Gasteiger partial charge < -0.3 is 64.5 Å². The zero-order valence-electron chi connectivity index (χ0n) is 26.4. The summed E-state index contributed by atoms with van der Waals surface area (Å²) in [4.78, 5) is 0. The first-order chi connectivity index (χ1) is 21.2. The van der Waals surface area contributed by atoms with Gasteiger partial charge in [0.1, 0.15) is 54.9 Å². The van der Waals surface area contributed by atoms with Crippen LogP contribution in [0.2, 0.25) is 0 Å². The average Bonchev–Trinajstić information content (AvgIpc) is 3.03. The molecule has 13 nitrogen and oxygen atoms in total. The van der Waals surface area contributed by atoms with Crippen LogP contribution < -0.4 is 0 Å². The molecule has 0 bridgehead atoms. The van der Waals surface area contributed by atoms with Crippen molar-refractivity contribution in [1.82, 2.24) is 0 Å². The van der Waals surface area contributed by atoms with E-state index >= 15 is 0 Å². The van der Waals surface area contributed by atoms with Crippen LogP contribution in [-0.4, -0.2) is 141 Å². The molecule has 0 aliphatic carbocycles. The number of hydrogen-bond donors (Lipinski definition) is 8. The zero-order valence-corrected chi connectivity index (χ0v) is 26.4. The second kappa shape index (κ2) is 22.9. The van der Waals surface area contributed by atoms with E-state index in [2.05, 4.69) is 6.92 Å². The Morgan fingerprint density at radius 1 is 0.500 bits per heavy atom. The standard InChI is InChI=1S/C31H60O13/c1-2-3-4-5-6-7-8-9-10-11-12-13-14-15-16-40-21(19-41-30-28(38)26(36)24(34)22(17-32)43-30)20-42-31-29(39)27(37)25(35)23(18-33)44-31/h21-39H,2-20H2,1H3/t22-,23-,24-,25-,26+,27+,28+,29+,30+,31+/m1/s1. The number of aliphatic hydroxyl groups is 8. The van der Waals surface area contributed by atoms with Crippen molar-refractivity contribution in [3.05, 3.63) is 0 Å². The first-order valence-electron chi connectivity index (χ1n) is 16.7. The summed E-state index contributed by atoms with van der Waals surface area (Å²) in [5.41, 5.74) is 0. The van der Waals surface area contributed by atoms with Crippen LogP contribution in [0.15, 0.2) is 0 Å². The second-order valence-electron chi connectivity index (χ2n) is 12.2. The highest BCUT2D eigenvalue weighted by molar-refractivity contribution is 4.90. The van der Waals surface area contributed by atoms with Gasteiger partial charge in [0, 0.05) is 6.61 Å². The number of ether oxygens (including phenoxy) is 5. The van der Waals surface area contributed by atoms with Gasteiger partial charge in [0.25, 0.3) is 0 Å². The highest BCUT2D eigenvalue weighted by Crippen LogP contribution is 2.24. The van der Waals surface area contributed by atoms with Gasteiger partial charge in [-0.15, -0.1) is 0 Å². The molecule has 262 valence electrons. The van der Waals surface area contributed by atoms with E-state index < -0.39 is 80.7 Å². The second-order valence-corrected chi connectivity index (χ2v) is 12.2. The van der Waals surface area contributed by atoms with E-state index in [0.717, 1.165) is 19.3 Å². The van der Waals surface area contributed by atoms with Crippen LogP contribution in [0.3, 0.4) is 0 Å². The molecular weight excluding hydrogens is 580 g/mol. The van der Waals surface area contributed by atoms with Crippen molar-refractivity contribution in [2.24, 2.45) is 0 Å². The van der Waals surface area contributed by atoms with Crippen molar-refractivity contribution in [2.45, 2.75) is 164 Å². The molecule has 0 amide bonds. The maximum Gasteiger partial charge on any atom is 0.186 e. The Kier molecular flexibility index (Phi) is 20.7. The fourth-order valence-corrected chi connectivity index (χ4v) is 5.51. The molecule has 2 fully saturated rings. The summed E-state index contributed by atoms with van der Waals surface area (Å²) >= 11 is 0. The van der Waals surface area contributed by atoms with Crippen LogP contribution in [0.5, 0.6) is 0 Å². The quantitative estimate of drug-likeness (QED) is 0.0677. The van der Waals surface area contributed by atoms with Crippen molar-refractivity contribution < 1.29 is 64.5 Å². The van der Waals surface area contributed by atoms with Crippen molar-refractivity contribution in [3.8, 4) is 0 Å². The summed E-state index contributed by atoms with van der Waals surface area (Å²) in [5.74, 6) is 0. The molecular formula is C31H60O13. The lowest BCUT2D eigenvalue weighted by molar-refractivity contribution is -0.316. The van der Waals surface area contributed by atoms with E-state index in [-0.39, 0.29) is 13.2 Å². The lowest BCUT2D eigenvalue weighted by Crippen LogP contribution is -2.60. The first kappa shape index (κ1) is 39.7. The van der Waals surface area contributed by atoms with Crippen molar-refractivity contribution >= 4 is 0 Å². The average molecular weight is 641 g/mol. The van der Waals surface area contributed by atoms with Crippen molar-refractivity contribution in [1.29, 1.82) is 0 Å². The third-order valence-corrected chi connectivity index (χ3v) is 8.44. The zero-order chi connectivity index (χ0) is 32.3. The molecule has 2 saturated heterocycles. The molecule has 13 heteroatoms. The van der Waals surface area contributed by atoms with Crippen LogP contribution in [-0.2, 0) is 23.7 Å². The minimum Gasteiger partial charge on any atom is -0.394 e. The first-order valence-corrected chi connectivity index (χ1v) is 16.7. The Balaban J connectivity index is 1.74. The van der Waals surface area contributed by atoms with Gasteiger partial charge in [-0.05, 0) is 6.42 Å². The molecule has 0 unspecified atom stereocenters. The van der Waals surface area contributed by atoms with Gasteiger partial charge >= 0.3 is 0 Å². The van der Waals surface area contributed by atoms with Gasteiger partial charge in [0.2, 0.25) is 0 Å². The van der Waals surface area contributed by atoms with Gasteiger partial charge in [-0.1, -0.05) is 90.4 Å². The summed E-state index contributed by atoms with van der Waals surface area (Å²) in [5, 5.41) is 79.5. The molecule has 2 heterocycles. The molecule has 0 spiro atoms. The van der Waals surface area contributed by atoms with Crippen molar-refractivity contribution in [3.63, 3.8) is 0 Å².